The van der Waals surface area contributed by atoms with Gasteiger partial charge < -0.3 is 33.2 Å². The van der Waals surface area contributed by atoms with E-state index < -0.39 is 17.9 Å². The van der Waals surface area contributed by atoms with Crippen molar-refractivity contribution in [2.75, 3.05) is 33.0 Å². The molecule has 0 fully saturated rings. The van der Waals surface area contributed by atoms with Gasteiger partial charge in [0.1, 0.15) is 23.0 Å². The SMILES string of the molecule is C=CC(=O)OCCCCCCCCCCCOc1ccc(OC(=O)c2ccc(C(=O)Oc3ccc(OCCCCCCCCCCCOC(=O)C=C)cc3)c(C(=O)OCC)c2)cc1. The summed E-state index contributed by atoms with van der Waals surface area (Å²) in [7, 11) is 0. The standard InChI is InChI=1S/C51H66O12/c1-4-47(52)60-37-23-19-15-11-7-9-13-17-21-35-58-41-26-30-43(31-27-41)62-49(54)40-25-34-45(46(39-40)50(55)57-6-3)51(56)63-44-32-28-42(29-33-44)59-36-22-18-14-10-8-12-16-20-24-38-61-48(53)5-2/h4-5,25-34,39H,1-2,6-24,35-38H2,3H3. The quantitative estimate of drug-likeness (QED) is 0.0185. The maximum Gasteiger partial charge on any atom is 0.344 e. The highest BCUT2D eigenvalue weighted by molar-refractivity contribution is 6.06. The van der Waals surface area contributed by atoms with Crippen LogP contribution < -0.4 is 18.9 Å². The first-order valence-corrected chi connectivity index (χ1v) is 22.5. The molecule has 0 atom stereocenters. The highest BCUT2D eigenvalue weighted by Gasteiger charge is 2.23. The van der Waals surface area contributed by atoms with Gasteiger partial charge in [0.25, 0.3) is 0 Å². The van der Waals surface area contributed by atoms with Crippen molar-refractivity contribution >= 4 is 29.8 Å². The molecular weight excluding hydrogens is 805 g/mol. The lowest BCUT2D eigenvalue weighted by Crippen LogP contribution is -2.18. The monoisotopic (exact) mass is 870 g/mol. The van der Waals surface area contributed by atoms with Crippen LogP contribution in [0.2, 0.25) is 0 Å². The molecule has 3 rings (SSSR count). The van der Waals surface area contributed by atoms with Gasteiger partial charge in [-0.05, 0) is 99.3 Å². The maximum absolute atomic E-state index is 13.3. The topological polar surface area (TPSA) is 150 Å². The smallest absolute Gasteiger partial charge is 0.344 e. The van der Waals surface area contributed by atoms with E-state index in [1.807, 2.05) is 0 Å². The maximum atomic E-state index is 13.3. The summed E-state index contributed by atoms with van der Waals surface area (Å²) in [6, 6.07) is 17.4. The highest BCUT2D eigenvalue weighted by Crippen LogP contribution is 2.24. The first-order valence-electron chi connectivity index (χ1n) is 22.5. The average Bonchev–Trinajstić information content (AvgIpc) is 3.30. The summed E-state index contributed by atoms with van der Waals surface area (Å²) in [5.41, 5.74) is -0.124. The fourth-order valence-corrected chi connectivity index (χ4v) is 6.49. The van der Waals surface area contributed by atoms with Gasteiger partial charge in [-0.2, -0.15) is 0 Å². The van der Waals surface area contributed by atoms with Gasteiger partial charge in [-0.25, -0.2) is 24.0 Å². The molecule has 0 saturated carbocycles. The molecule has 12 heteroatoms. The van der Waals surface area contributed by atoms with Crippen molar-refractivity contribution in [3.63, 3.8) is 0 Å². The second-order valence-corrected chi connectivity index (χ2v) is 15.0. The van der Waals surface area contributed by atoms with Gasteiger partial charge >= 0.3 is 29.8 Å². The molecule has 3 aromatic rings. The highest BCUT2D eigenvalue weighted by atomic mass is 16.6. The Morgan fingerprint density at radius 1 is 0.413 bits per heavy atom. The van der Waals surface area contributed by atoms with Gasteiger partial charge in [-0.1, -0.05) is 103 Å². The van der Waals surface area contributed by atoms with Crippen molar-refractivity contribution < 1.29 is 57.1 Å². The minimum atomic E-state index is -0.787. The molecule has 0 bridgehead atoms. The van der Waals surface area contributed by atoms with Crippen molar-refractivity contribution in [3.05, 3.63) is 109 Å². The van der Waals surface area contributed by atoms with E-state index in [-0.39, 0.29) is 41.0 Å². The van der Waals surface area contributed by atoms with E-state index in [4.69, 9.17) is 33.2 Å². The van der Waals surface area contributed by atoms with E-state index in [2.05, 4.69) is 13.2 Å². The van der Waals surface area contributed by atoms with Crippen LogP contribution in [0.3, 0.4) is 0 Å². The number of hydrogen-bond donors (Lipinski definition) is 0. The van der Waals surface area contributed by atoms with E-state index in [0.717, 1.165) is 77.0 Å². The summed E-state index contributed by atoms with van der Waals surface area (Å²) >= 11 is 0. The number of benzene rings is 3. The number of esters is 5. The van der Waals surface area contributed by atoms with E-state index >= 15 is 0 Å². The van der Waals surface area contributed by atoms with Gasteiger partial charge in [0, 0.05) is 12.2 Å². The molecule has 0 unspecified atom stereocenters. The Bertz CT molecular complexity index is 1830. The predicted molar refractivity (Wildman–Crippen MR) is 242 cm³/mol. The lowest BCUT2D eigenvalue weighted by molar-refractivity contribution is -0.138. The van der Waals surface area contributed by atoms with Gasteiger partial charge in [-0.3, -0.25) is 0 Å². The molecule has 0 heterocycles. The van der Waals surface area contributed by atoms with E-state index in [9.17, 15) is 24.0 Å². The van der Waals surface area contributed by atoms with Crippen molar-refractivity contribution in [2.24, 2.45) is 0 Å². The van der Waals surface area contributed by atoms with Gasteiger partial charge in [0.15, 0.2) is 0 Å². The molecule has 63 heavy (non-hydrogen) atoms. The first kappa shape index (κ1) is 51.4. The third kappa shape index (κ3) is 22.1. The van der Waals surface area contributed by atoms with Crippen LogP contribution in [0.1, 0.15) is 154 Å². The molecule has 0 N–H and O–H groups in total. The fraction of sp³-hybridized carbons (Fsp3) is 0.471. The summed E-state index contributed by atoms with van der Waals surface area (Å²) < 4.78 is 38.0. The molecule has 0 aliphatic heterocycles. The molecule has 0 amide bonds. The van der Waals surface area contributed by atoms with E-state index in [0.29, 0.717) is 43.7 Å². The second-order valence-electron chi connectivity index (χ2n) is 15.0. The first-order chi connectivity index (χ1) is 30.7. The van der Waals surface area contributed by atoms with Crippen molar-refractivity contribution in [1.29, 1.82) is 0 Å². The summed E-state index contributed by atoms with van der Waals surface area (Å²) in [4.78, 5) is 61.4. The molecule has 342 valence electrons. The molecule has 0 aliphatic rings. The molecular formula is C51H66O12. The van der Waals surface area contributed by atoms with Crippen LogP contribution in [0.15, 0.2) is 92.0 Å². The Morgan fingerprint density at radius 3 is 1.17 bits per heavy atom. The summed E-state index contributed by atoms with van der Waals surface area (Å²) in [6.07, 6.45) is 21.9. The third-order valence-corrected chi connectivity index (χ3v) is 9.98. The average molecular weight is 871 g/mol. The number of hydrogen-bond acceptors (Lipinski definition) is 12. The third-order valence-electron chi connectivity index (χ3n) is 9.98. The Hall–Kier alpha value is -5.91. The number of unbranched alkanes of at least 4 members (excludes halogenated alkanes) is 16. The molecule has 0 spiro atoms. The van der Waals surface area contributed by atoms with E-state index in [1.165, 1.54) is 68.9 Å². The van der Waals surface area contributed by atoms with Crippen LogP contribution >= 0.6 is 0 Å². The van der Waals surface area contributed by atoms with Crippen LogP contribution in [0.25, 0.3) is 0 Å². The largest absolute Gasteiger partial charge is 0.494 e. The summed E-state index contributed by atoms with van der Waals surface area (Å²) in [5, 5.41) is 0. The zero-order chi connectivity index (χ0) is 45.3. The van der Waals surface area contributed by atoms with Crippen LogP contribution in [0.4, 0.5) is 0 Å². The number of carbonyl (C=O) groups is 5. The number of ether oxygens (including phenoxy) is 7. The van der Waals surface area contributed by atoms with Gasteiger partial charge in [-0.15, -0.1) is 0 Å². The molecule has 3 aromatic carbocycles. The fourth-order valence-electron chi connectivity index (χ4n) is 6.49. The Balaban J connectivity index is 1.35. The lowest BCUT2D eigenvalue weighted by Gasteiger charge is -2.12. The van der Waals surface area contributed by atoms with Crippen molar-refractivity contribution in [2.45, 2.75) is 122 Å². The zero-order valence-corrected chi connectivity index (χ0v) is 37.1. The Kier molecular flexibility index (Phi) is 26.0. The van der Waals surface area contributed by atoms with Crippen LogP contribution in [-0.4, -0.2) is 62.9 Å². The van der Waals surface area contributed by atoms with E-state index in [1.54, 1.807) is 55.5 Å². The molecule has 0 aromatic heterocycles. The Morgan fingerprint density at radius 2 is 0.778 bits per heavy atom. The van der Waals surface area contributed by atoms with Gasteiger partial charge in [0.05, 0.1) is 49.7 Å². The summed E-state index contributed by atoms with van der Waals surface area (Å²) in [5.74, 6) is -1.15. The van der Waals surface area contributed by atoms with Crippen LogP contribution in [0.5, 0.6) is 23.0 Å². The zero-order valence-electron chi connectivity index (χ0n) is 37.1. The van der Waals surface area contributed by atoms with Gasteiger partial charge in [0.2, 0.25) is 0 Å². The van der Waals surface area contributed by atoms with Crippen molar-refractivity contribution in [3.8, 4) is 23.0 Å². The molecule has 0 saturated heterocycles. The normalized spacial score (nSPS) is 10.6. The summed E-state index contributed by atoms with van der Waals surface area (Å²) in [6.45, 7) is 10.6. The molecule has 0 aliphatic carbocycles. The second kappa shape index (κ2) is 31.9. The minimum absolute atomic E-state index is 0.0559. The molecule has 0 radical (unpaired) electrons. The minimum Gasteiger partial charge on any atom is -0.494 e. The van der Waals surface area contributed by atoms with Crippen LogP contribution in [0, 0.1) is 0 Å². The predicted octanol–water partition coefficient (Wildman–Crippen LogP) is 11.5. The number of carbonyl (C=O) groups excluding carboxylic acids is 5. The number of rotatable bonds is 34. The molecule has 12 nitrogen and oxygen atoms in total. The Labute approximate surface area is 373 Å². The van der Waals surface area contributed by atoms with Crippen LogP contribution in [-0.2, 0) is 23.8 Å². The lowest BCUT2D eigenvalue weighted by atomic mass is 10.0. The van der Waals surface area contributed by atoms with Crippen molar-refractivity contribution in [1.82, 2.24) is 0 Å².